The van der Waals surface area contributed by atoms with Crippen LogP contribution in [0.5, 0.6) is 0 Å². The van der Waals surface area contributed by atoms with E-state index in [1.54, 1.807) is 12.1 Å². The first-order chi connectivity index (χ1) is 12.0. The number of hydrogen-bond acceptors (Lipinski definition) is 2. The van der Waals surface area contributed by atoms with E-state index in [0.29, 0.717) is 11.3 Å². The van der Waals surface area contributed by atoms with Crippen molar-refractivity contribution in [2.45, 2.75) is 23.5 Å². The van der Waals surface area contributed by atoms with E-state index in [1.165, 1.54) is 0 Å². The average molecular weight is 462 g/mol. The minimum Gasteiger partial charge on any atom is -0.223 e. The highest BCUT2D eigenvalue weighted by atomic mass is 127. The Morgan fingerprint density at radius 3 is 2.08 bits per heavy atom. The minimum atomic E-state index is -3.50. The monoisotopic (exact) mass is 462 g/mol. The average Bonchev–Trinajstić information content (AvgIpc) is 2.62. The first-order valence-corrected chi connectivity index (χ1v) is 10.7. The molecule has 128 valence electrons. The van der Waals surface area contributed by atoms with Gasteiger partial charge in [0.25, 0.3) is 0 Å². The third-order valence-electron chi connectivity index (χ3n) is 4.24. The Morgan fingerprint density at radius 1 is 0.840 bits per heavy atom. The molecule has 25 heavy (non-hydrogen) atoms. The van der Waals surface area contributed by atoms with Crippen LogP contribution in [0.3, 0.4) is 0 Å². The van der Waals surface area contributed by atoms with Gasteiger partial charge in [-0.3, -0.25) is 0 Å². The summed E-state index contributed by atoms with van der Waals surface area (Å²) in [4.78, 5) is 0.374. The van der Waals surface area contributed by atoms with Crippen molar-refractivity contribution in [1.29, 1.82) is 0 Å². The summed E-state index contributed by atoms with van der Waals surface area (Å²) >= 11 is 2.22. The van der Waals surface area contributed by atoms with Gasteiger partial charge in [-0.05, 0) is 65.3 Å². The van der Waals surface area contributed by atoms with Crippen LogP contribution in [0.2, 0.25) is 0 Å². The maximum Gasteiger partial charge on any atom is 0.185 e. The van der Waals surface area contributed by atoms with Crippen molar-refractivity contribution in [2.24, 2.45) is 0 Å². The van der Waals surface area contributed by atoms with E-state index < -0.39 is 15.1 Å². The second-order valence-electron chi connectivity index (χ2n) is 6.06. The van der Waals surface area contributed by atoms with Crippen LogP contribution in [0, 0.1) is 10.5 Å². The van der Waals surface area contributed by atoms with E-state index >= 15 is 0 Å². The maximum absolute atomic E-state index is 13.4. The zero-order valence-corrected chi connectivity index (χ0v) is 16.9. The van der Waals surface area contributed by atoms with E-state index in [1.807, 2.05) is 73.7 Å². The normalized spacial score (nSPS) is 12.7. The molecule has 0 spiro atoms. The highest BCUT2D eigenvalue weighted by Gasteiger charge is 2.30. The van der Waals surface area contributed by atoms with Gasteiger partial charge in [0.05, 0.1) is 10.1 Å². The van der Waals surface area contributed by atoms with Crippen LogP contribution in [0.1, 0.15) is 21.9 Å². The van der Waals surface area contributed by atoms with Crippen LogP contribution < -0.4 is 0 Å². The molecule has 0 radical (unpaired) electrons. The van der Waals surface area contributed by atoms with Crippen LogP contribution in [-0.2, 0) is 16.3 Å². The van der Waals surface area contributed by atoms with Crippen molar-refractivity contribution < 1.29 is 8.42 Å². The van der Waals surface area contributed by atoms with Crippen molar-refractivity contribution in [3.63, 3.8) is 0 Å². The Hall–Kier alpha value is -1.66. The summed E-state index contributed by atoms with van der Waals surface area (Å²) in [6.45, 7) is 1.96. The lowest BCUT2D eigenvalue weighted by molar-refractivity contribution is 0.580. The smallest absolute Gasteiger partial charge is 0.185 e. The van der Waals surface area contributed by atoms with Gasteiger partial charge in [-0.15, -0.1) is 0 Å². The summed E-state index contributed by atoms with van der Waals surface area (Å²) in [5.41, 5.74) is 2.92. The van der Waals surface area contributed by atoms with E-state index in [9.17, 15) is 8.42 Å². The molecule has 3 rings (SSSR count). The molecule has 0 fully saturated rings. The number of sulfone groups is 1. The molecule has 0 saturated carbocycles. The van der Waals surface area contributed by atoms with Gasteiger partial charge < -0.3 is 0 Å². The number of rotatable bonds is 5. The second-order valence-corrected chi connectivity index (χ2v) is 9.35. The van der Waals surface area contributed by atoms with Crippen molar-refractivity contribution in [2.75, 3.05) is 0 Å². The van der Waals surface area contributed by atoms with Gasteiger partial charge in [0.1, 0.15) is 0 Å². The predicted octanol–water partition coefficient (Wildman–Crippen LogP) is 5.36. The minimum absolute atomic E-state index is 0.374. The molecule has 0 aromatic heterocycles. The standard InChI is InChI=1S/C21H19IO2S/c1-16-11-13-18(14-12-16)25(23,24)21(15-17-7-3-2-4-8-17)19-9-5-6-10-20(19)22/h2-14,21H,15H2,1H3. The molecule has 0 aliphatic carbocycles. The fourth-order valence-corrected chi connectivity index (χ4v) is 5.61. The lowest BCUT2D eigenvalue weighted by atomic mass is 10.0. The summed E-state index contributed by atoms with van der Waals surface area (Å²) < 4.78 is 27.8. The van der Waals surface area contributed by atoms with E-state index in [0.717, 1.165) is 20.3 Å². The van der Waals surface area contributed by atoms with Crippen molar-refractivity contribution >= 4 is 32.4 Å². The van der Waals surface area contributed by atoms with Crippen LogP contribution in [0.4, 0.5) is 0 Å². The van der Waals surface area contributed by atoms with Crippen molar-refractivity contribution in [3.8, 4) is 0 Å². The molecule has 4 heteroatoms. The third kappa shape index (κ3) is 4.12. The Morgan fingerprint density at radius 2 is 1.44 bits per heavy atom. The Labute approximate surface area is 163 Å². The predicted molar refractivity (Wildman–Crippen MR) is 110 cm³/mol. The molecular formula is C21H19IO2S. The Bertz CT molecular complexity index is 949. The zero-order valence-electron chi connectivity index (χ0n) is 13.9. The summed E-state index contributed by atoms with van der Waals surface area (Å²) in [5, 5.41) is -0.606. The summed E-state index contributed by atoms with van der Waals surface area (Å²) in [6.07, 6.45) is 0.455. The molecule has 0 bridgehead atoms. The fourth-order valence-electron chi connectivity index (χ4n) is 2.84. The topological polar surface area (TPSA) is 34.1 Å². The third-order valence-corrected chi connectivity index (χ3v) is 7.32. The van der Waals surface area contributed by atoms with Gasteiger partial charge in [0.15, 0.2) is 9.84 Å². The molecule has 3 aromatic carbocycles. The molecule has 3 aromatic rings. The van der Waals surface area contributed by atoms with Gasteiger partial charge in [-0.1, -0.05) is 66.2 Å². The fraction of sp³-hybridized carbons (Fsp3) is 0.143. The molecule has 0 N–H and O–H groups in total. The molecule has 1 unspecified atom stereocenters. The zero-order chi connectivity index (χ0) is 17.9. The Kier molecular flexibility index (Phi) is 5.59. The first-order valence-electron chi connectivity index (χ1n) is 8.07. The molecule has 0 heterocycles. The van der Waals surface area contributed by atoms with Gasteiger partial charge in [-0.25, -0.2) is 8.42 Å². The van der Waals surface area contributed by atoms with Crippen LogP contribution in [-0.4, -0.2) is 8.42 Å². The van der Waals surface area contributed by atoms with Gasteiger partial charge in [0, 0.05) is 3.57 Å². The van der Waals surface area contributed by atoms with Gasteiger partial charge in [-0.2, -0.15) is 0 Å². The molecule has 1 atom stereocenters. The quantitative estimate of drug-likeness (QED) is 0.479. The van der Waals surface area contributed by atoms with Gasteiger partial charge >= 0.3 is 0 Å². The van der Waals surface area contributed by atoms with E-state index in [4.69, 9.17) is 0 Å². The second kappa shape index (κ2) is 7.70. The largest absolute Gasteiger partial charge is 0.223 e. The van der Waals surface area contributed by atoms with E-state index in [2.05, 4.69) is 22.6 Å². The lowest BCUT2D eigenvalue weighted by Crippen LogP contribution is -2.17. The number of benzene rings is 3. The molecule has 2 nitrogen and oxygen atoms in total. The SMILES string of the molecule is Cc1ccc(S(=O)(=O)C(Cc2ccccc2)c2ccccc2I)cc1. The first kappa shape index (κ1) is 18.1. The van der Waals surface area contributed by atoms with Gasteiger partial charge in [0.2, 0.25) is 0 Å². The summed E-state index contributed by atoms with van der Waals surface area (Å²) in [7, 11) is -3.50. The Balaban J connectivity index is 2.10. The van der Waals surface area contributed by atoms with Crippen LogP contribution in [0.15, 0.2) is 83.8 Å². The summed E-state index contributed by atoms with van der Waals surface area (Å²) in [6, 6.07) is 24.6. The number of hydrogen-bond donors (Lipinski definition) is 0. The highest BCUT2D eigenvalue weighted by Crippen LogP contribution is 2.34. The molecular weight excluding hydrogens is 443 g/mol. The molecule has 0 aliphatic heterocycles. The van der Waals surface area contributed by atoms with Crippen LogP contribution in [0.25, 0.3) is 0 Å². The maximum atomic E-state index is 13.4. The molecule has 0 amide bonds. The van der Waals surface area contributed by atoms with Crippen molar-refractivity contribution in [1.82, 2.24) is 0 Å². The lowest BCUT2D eigenvalue weighted by Gasteiger charge is -2.20. The number of halogens is 1. The van der Waals surface area contributed by atoms with Crippen molar-refractivity contribution in [3.05, 3.63) is 99.1 Å². The highest BCUT2D eigenvalue weighted by molar-refractivity contribution is 14.1. The number of aryl methyl sites for hydroxylation is 1. The molecule has 0 saturated heterocycles. The van der Waals surface area contributed by atoms with Crippen LogP contribution >= 0.6 is 22.6 Å². The molecule has 0 aliphatic rings. The van der Waals surface area contributed by atoms with E-state index in [-0.39, 0.29) is 0 Å². The summed E-state index contributed by atoms with van der Waals surface area (Å²) in [5.74, 6) is 0.